The summed E-state index contributed by atoms with van der Waals surface area (Å²) in [5, 5.41) is 3.70. The highest BCUT2D eigenvalue weighted by Gasteiger charge is 2.30. The SMILES string of the molecule is CC(NC(C)C1CCOC1)C1CC1. The molecule has 1 saturated carbocycles. The van der Waals surface area contributed by atoms with Gasteiger partial charge in [-0.3, -0.25) is 0 Å². The first-order chi connectivity index (χ1) is 6.27. The molecule has 76 valence electrons. The molecule has 2 fully saturated rings. The maximum atomic E-state index is 5.40. The van der Waals surface area contributed by atoms with E-state index in [1.54, 1.807) is 0 Å². The highest BCUT2D eigenvalue weighted by atomic mass is 16.5. The summed E-state index contributed by atoms with van der Waals surface area (Å²) in [5.41, 5.74) is 0. The van der Waals surface area contributed by atoms with Gasteiger partial charge in [0.25, 0.3) is 0 Å². The summed E-state index contributed by atoms with van der Waals surface area (Å²) >= 11 is 0. The van der Waals surface area contributed by atoms with Gasteiger partial charge in [0, 0.05) is 18.7 Å². The maximum Gasteiger partial charge on any atom is 0.0509 e. The highest BCUT2D eigenvalue weighted by Crippen LogP contribution is 2.33. The summed E-state index contributed by atoms with van der Waals surface area (Å²) in [6.07, 6.45) is 4.11. The molecule has 1 N–H and O–H groups in total. The Kier molecular flexibility index (Phi) is 2.89. The summed E-state index contributed by atoms with van der Waals surface area (Å²) in [6, 6.07) is 1.36. The first-order valence-electron chi connectivity index (χ1n) is 5.61. The zero-order valence-corrected chi connectivity index (χ0v) is 8.75. The molecule has 0 aromatic carbocycles. The quantitative estimate of drug-likeness (QED) is 0.717. The molecule has 0 aromatic heterocycles. The van der Waals surface area contributed by atoms with Crippen LogP contribution in [0.4, 0.5) is 0 Å². The monoisotopic (exact) mass is 183 g/mol. The zero-order chi connectivity index (χ0) is 9.26. The maximum absolute atomic E-state index is 5.40. The van der Waals surface area contributed by atoms with Gasteiger partial charge < -0.3 is 10.1 Å². The van der Waals surface area contributed by atoms with E-state index in [1.807, 2.05) is 0 Å². The lowest BCUT2D eigenvalue weighted by Gasteiger charge is -2.23. The molecule has 1 heterocycles. The number of rotatable bonds is 4. The molecule has 3 unspecified atom stereocenters. The molecule has 2 aliphatic rings. The van der Waals surface area contributed by atoms with E-state index >= 15 is 0 Å². The highest BCUT2D eigenvalue weighted by molar-refractivity contribution is 4.86. The topological polar surface area (TPSA) is 21.3 Å². The van der Waals surface area contributed by atoms with Gasteiger partial charge in [-0.05, 0) is 44.9 Å². The van der Waals surface area contributed by atoms with Gasteiger partial charge in [-0.15, -0.1) is 0 Å². The standard InChI is InChI=1S/C11H21NO/c1-8(10-3-4-10)12-9(2)11-5-6-13-7-11/h8-12H,3-7H2,1-2H3. The third-order valence-corrected chi connectivity index (χ3v) is 3.53. The van der Waals surface area contributed by atoms with E-state index in [4.69, 9.17) is 4.74 Å². The molecular formula is C11H21NO. The van der Waals surface area contributed by atoms with Gasteiger partial charge in [0.1, 0.15) is 0 Å². The Morgan fingerprint density at radius 1 is 1.08 bits per heavy atom. The van der Waals surface area contributed by atoms with Gasteiger partial charge in [-0.2, -0.15) is 0 Å². The van der Waals surface area contributed by atoms with Crippen molar-refractivity contribution in [2.45, 2.75) is 45.2 Å². The summed E-state index contributed by atoms with van der Waals surface area (Å²) < 4.78 is 5.40. The van der Waals surface area contributed by atoms with Crippen LogP contribution in [-0.4, -0.2) is 25.3 Å². The van der Waals surface area contributed by atoms with Crippen LogP contribution in [0.1, 0.15) is 33.1 Å². The van der Waals surface area contributed by atoms with E-state index in [1.165, 1.54) is 19.3 Å². The second-order valence-electron chi connectivity index (χ2n) is 4.71. The van der Waals surface area contributed by atoms with Crippen molar-refractivity contribution < 1.29 is 4.74 Å². The van der Waals surface area contributed by atoms with Crippen LogP contribution in [0, 0.1) is 11.8 Å². The Bertz CT molecular complexity index is 161. The Morgan fingerprint density at radius 2 is 1.77 bits per heavy atom. The van der Waals surface area contributed by atoms with Crippen LogP contribution in [0.2, 0.25) is 0 Å². The minimum atomic E-state index is 0.637. The Hall–Kier alpha value is -0.0800. The van der Waals surface area contributed by atoms with Crippen molar-refractivity contribution in [1.82, 2.24) is 5.32 Å². The molecule has 0 aromatic rings. The van der Waals surface area contributed by atoms with Gasteiger partial charge in [0.05, 0.1) is 6.61 Å². The van der Waals surface area contributed by atoms with E-state index in [9.17, 15) is 0 Å². The van der Waals surface area contributed by atoms with Crippen molar-refractivity contribution in [2.75, 3.05) is 13.2 Å². The van der Waals surface area contributed by atoms with Crippen LogP contribution in [-0.2, 0) is 4.74 Å². The van der Waals surface area contributed by atoms with Gasteiger partial charge in [-0.25, -0.2) is 0 Å². The molecular weight excluding hydrogens is 162 g/mol. The first kappa shape index (κ1) is 9.47. The van der Waals surface area contributed by atoms with Crippen LogP contribution in [0.3, 0.4) is 0 Å². The summed E-state index contributed by atoms with van der Waals surface area (Å²) in [6.45, 7) is 6.56. The average molecular weight is 183 g/mol. The second-order valence-corrected chi connectivity index (χ2v) is 4.71. The lowest BCUT2D eigenvalue weighted by atomic mass is 9.99. The second kappa shape index (κ2) is 3.97. The molecule has 0 radical (unpaired) electrons. The minimum Gasteiger partial charge on any atom is -0.381 e. The third kappa shape index (κ3) is 2.44. The number of ether oxygens (including phenoxy) is 1. The predicted molar refractivity (Wildman–Crippen MR) is 53.7 cm³/mol. The van der Waals surface area contributed by atoms with Crippen molar-refractivity contribution in [3.63, 3.8) is 0 Å². The average Bonchev–Trinajstić information content (AvgIpc) is 2.81. The lowest BCUT2D eigenvalue weighted by Crippen LogP contribution is -2.40. The van der Waals surface area contributed by atoms with E-state index < -0.39 is 0 Å². The van der Waals surface area contributed by atoms with Crippen molar-refractivity contribution >= 4 is 0 Å². The van der Waals surface area contributed by atoms with Crippen LogP contribution in [0.25, 0.3) is 0 Å². The molecule has 2 nitrogen and oxygen atoms in total. The zero-order valence-electron chi connectivity index (χ0n) is 8.75. The Labute approximate surface area is 81.0 Å². The number of nitrogens with one attached hydrogen (secondary N) is 1. The van der Waals surface area contributed by atoms with E-state index in [-0.39, 0.29) is 0 Å². The van der Waals surface area contributed by atoms with Gasteiger partial charge in [0.15, 0.2) is 0 Å². The number of hydrogen-bond acceptors (Lipinski definition) is 2. The van der Waals surface area contributed by atoms with Crippen molar-refractivity contribution in [3.8, 4) is 0 Å². The molecule has 0 spiro atoms. The van der Waals surface area contributed by atoms with Crippen molar-refractivity contribution in [2.24, 2.45) is 11.8 Å². The minimum absolute atomic E-state index is 0.637. The summed E-state index contributed by atoms with van der Waals surface area (Å²) in [5.74, 6) is 1.71. The van der Waals surface area contributed by atoms with E-state index in [0.29, 0.717) is 6.04 Å². The van der Waals surface area contributed by atoms with Crippen LogP contribution in [0.15, 0.2) is 0 Å². The van der Waals surface area contributed by atoms with Gasteiger partial charge in [0.2, 0.25) is 0 Å². The van der Waals surface area contributed by atoms with Crippen LogP contribution in [0.5, 0.6) is 0 Å². The Morgan fingerprint density at radius 3 is 2.31 bits per heavy atom. The van der Waals surface area contributed by atoms with Crippen LogP contribution >= 0.6 is 0 Å². The normalized spacial score (nSPS) is 33.2. The summed E-state index contributed by atoms with van der Waals surface area (Å²) in [7, 11) is 0. The number of hydrogen-bond donors (Lipinski definition) is 1. The van der Waals surface area contributed by atoms with E-state index in [0.717, 1.165) is 31.1 Å². The molecule has 3 atom stereocenters. The fourth-order valence-corrected chi connectivity index (χ4v) is 2.23. The predicted octanol–water partition coefficient (Wildman–Crippen LogP) is 1.80. The smallest absolute Gasteiger partial charge is 0.0509 e. The van der Waals surface area contributed by atoms with Gasteiger partial charge >= 0.3 is 0 Å². The summed E-state index contributed by atoms with van der Waals surface area (Å²) in [4.78, 5) is 0. The first-order valence-corrected chi connectivity index (χ1v) is 5.61. The molecule has 1 aliphatic heterocycles. The fourth-order valence-electron chi connectivity index (χ4n) is 2.23. The molecule has 2 heteroatoms. The van der Waals surface area contributed by atoms with Crippen LogP contribution < -0.4 is 5.32 Å². The largest absolute Gasteiger partial charge is 0.381 e. The fraction of sp³-hybridized carbons (Fsp3) is 1.00. The molecule has 0 bridgehead atoms. The Balaban J connectivity index is 1.72. The molecule has 1 saturated heterocycles. The van der Waals surface area contributed by atoms with Crippen molar-refractivity contribution in [1.29, 1.82) is 0 Å². The van der Waals surface area contributed by atoms with Gasteiger partial charge in [-0.1, -0.05) is 0 Å². The molecule has 2 rings (SSSR count). The molecule has 1 aliphatic carbocycles. The lowest BCUT2D eigenvalue weighted by molar-refractivity contribution is 0.176. The third-order valence-electron chi connectivity index (χ3n) is 3.53. The molecule has 13 heavy (non-hydrogen) atoms. The van der Waals surface area contributed by atoms with E-state index in [2.05, 4.69) is 19.2 Å². The molecule has 0 amide bonds. The van der Waals surface area contributed by atoms with Crippen molar-refractivity contribution in [3.05, 3.63) is 0 Å².